The summed E-state index contributed by atoms with van der Waals surface area (Å²) in [5, 5.41) is 0. The maximum absolute atomic E-state index is 3.05. The van der Waals surface area contributed by atoms with Gasteiger partial charge >= 0.3 is 0 Å². The van der Waals surface area contributed by atoms with E-state index in [-0.39, 0.29) is 43.5 Å². The molecular formula is C12H16INZn-. The summed E-state index contributed by atoms with van der Waals surface area (Å²) in [6.45, 7) is 3.67. The number of hydrogen-bond acceptors (Lipinski definition) is 1. The summed E-state index contributed by atoms with van der Waals surface area (Å²) in [7, 11) is 0. The minimum absolute atomic E-state index is 0. The Balaban J connectivity index is 0.000000980. The van der Waals surface area contributed by atoms with Crippen LogP contribution in [0, 0.1) is 6.42 Å². The van der Waals surface area contributed by atoms with Gasteiger partial charge in [-0.2, -0.15) is 0 Å². The van der Waals surface area contributed by atoms with Gasteiger partial charge in [-0.3, -0.25) is 4.90 Å². The molecule has 2 aliphatic rings. The van der Waals surface area contributed by atoms with Crippen LogP contribution in [0.2, 0.25) is 0 Å². The topological polar surface area (TPSA) is 3.24 Å². The largest absolute Gasteiger partial charge is 1.00 e. The molecule has 1 nitrogen and oxygen atoms in total. The first-order chi connectivity index (χ1) is 6.45. The van der Waals surface area contributed by atoms with Gasteiger partial charge in [0.2, 0.25) is 0 Å². The molecule has 0 aromatic rings. The van der Waals surface area contributed by atoms with Gasteiger partial charge in [0.25, 0.3) is 0 Å². The molecule has 0 spiro atoms. The summed E-state index contributed by atoms with van der Waals surface area (Å²) in [5.74, 6) is 0. The fourth-order valence-corrected chi connectivity index (χ4v) is 1.90. The van der Waals surface area contributed by atoms with Crippen LogP contribution in [0.1, 0.15) is 19.3 Å². The van der Waals surface area contributed by atoms with Gasteiger partial charge in [0.1, 0.15) is 0 Å². The van der Waals surface area contributed by atoms with E-state index in [2.05, 4.69) is 23.1 Å². The Morgan fingerprint density at radius 1 is 1.13 bits per heavy atom. The SMILES string of the molecule is C1=C[CH]C(CN2CCCCC2)=CC=1.[I-].[Zn]. The molecule has 1 fully saturated rings. The molecule has 0 bridgehead atoms. The van der Waals surface area contributed by atoms with Crippen LogP contribution in [0.3, 0.4) is 0 Å². The van der Waals surface area contributed by atoms with Gasteiger partial charge in [-0.05, 0) is 43.7 Å². The zero-order valence-electron chi connectivity index (χ0n) is 9.08. The molecule has 0 aromatic heterocycles. The van der Waals surface area contributed by atoms with Crippen molar-refractivity contribution in [3.8, 4) is 0 Å². The molecule has 0 atom stereocenters. The van der Waals surface area contributed by atoms with E-state index >= 15 is 0 Å². The van der Waals surface area contributed by atoms with E-state index in [0.717, 1.165) is 6.54 Å². The summed E-state index contributed by atoms with van der Waals surface area (Å²) in [6, 6.07) is 0. The minimum atomic E-state index is 0. The van der Waals surface area contributed by atoms with Crippen LogP contribution in [-0.2, 0) is 19.5 Å². The molecule has 79 valence electrons. The number of nitrogens with zero attached hydrogens (tertiary/aromatic N) is 1. The number of piperidine rings is 1. The summed E-state index contributed by atoms with van der Waals surface area (Å²) in [5.41, 5.74) is 4.47. The summed E-state index contributed by atoms with van der Waals surface area (Å²) < 4.78 is 0. The van der Waals surface area contributed by atoms with Crippen molar-refractivity contribution >= 4 is 0 Å². The molecule has 0 amide bonds. The van der Waals surface area contributed by atoms with E-state index in [0.29, 0.717) is 0 Å². The van der Waals surface area contributed by atoms with Crippen molar-refractivity contribution in [3.05, 3.63) is 36.0 Å². The smallest absolute Gasteiger partial charge is 0.0202 e. The van der Waals surface area contributed by atoms with Gasteiger partial charge in [0, 0.05) is 32.4 Å². The average molecular weight is 367 g/mol. The molecule has 1 radical (unpaired) electrons. The molecule has 1 saturated heterocycles. The zero-order chi connectivity index (χ0) is 8.93. The number of halogens is 1. The fourth-order valence-electron chi connectivity index (χ4n) is 1.90. The monoisotopic (exact) mass is 365 g/mol. The Morgan fingerprint density at radius 3 is 2.47 bits per heavy atom. The van der Waals surface area contributed by atoms with Gasteiger partial charge < -0.3 is 24.0 Å². The molecule has 0 N–H and O–H groups in total. The normalized spacial score (nSPS) is 20.1. The second-order valence-electron chi connectivity index (χ2n) is 3.75. The molecule has 0 aromatic carbocycles. The third-order valence-electron chi connectivity index (χ3n) is 2.64. The Morgan fingerprint density at radius 2 is 1.87 bits per heavy atom. The molecular weight excluding hydrogens is 350 g/mol. The molecule has 1 aliphatic carbocycles. The summed E-state index contributed by atoms with van der Waals surface area (Å²) in [4.78, 5) is 2.54. The first-order valence-electron chi connectivity index (χ1n) is 5.12. The van der Waals surface area contributed by atoms with Crippen LogP contribution in [0.4, 0.5) is 0 Å². The van der Waals surface area contributed by atoms with E-state index in [1.807, 2.05) is 12.2 Å². The van der Waals surface area contributed by atoms with Crippen LogP contribution in [-0.4, -0.2) is 24.5 Å². The minimum Gasteiger partial charge on any atom is -1.00 e. The summed E-state index contributed by atoms with van der Waals surface area (Å²) >= 11 is 0. The van der Waals surface area contributed by atoms with Crippen LogP contribution in [0.5, 0.6) is 0 Å². The number of likely N-dealkylation sites (tertiary alicyclic amines) is 1. The van der Waals surface area contributed by atoms with Gasteiger partial charge in [-0.25, -0.2) is 0 Å². The van der Waals surface area contributed by atoms with Crippen LogP contribution >= 0.6 is 0 Å². The van der Waals surface area contributed by atoms with Crippen molar-refractivity contribution in [2.24, 2.45) is 0 Å². The number of rotatable bonds is 2. The second-order valence-corrected chi connectivity index (χ2v) is 3.75. The quantitative estimate of drug-likeness (QED) is 0.356. The molecule has 0 saturated carbocycles. The Bertz CT molecular complexity index is 261. The summed E-state index contributed by atoms with van der Waals surface area (Å²) in [6.07, 6.45) is 12.5. The Hall–Kier alpha value is 0.573. The first kappa shape index (κ1) is 15.6. The predicted octanol–water partition coefficient (Wildman–Crippen LogP) is -0.671. The van der Waals surface area contributed by atoms with E-state index in [9.17, 15) is 0 Å². The molecule has 1 heterocycles. The van der Waals surface area contributed by atoms with Gasteiger partial charge in [0.05, 0.1) is 0 Å². The van der Waals surface area contributed by atoms with Crippen LogP contribution < -0.4 is 24.0 Å². The third-order valence-corrected chi connectivity index (χ3v) is 2.64. The number of allylic oxidation sites excluding steroid dienone is 2. The molecule has 3 heteroatoms. The van der Waals surface area contributed by atoms with Gasteiger partial charge in [-0.1, -0.05) is 12.5 Å². The van der Waals surface area contributed by atoms with Crippen LogP contribution in [0.25, 0.3) is 0 Å². The third kappa shape index (κ3) is 5.44. The van der Waals surface area contributed by atoms with Gasteiger partial charge in [-0.15, -0.1) is 5.73 Å². The van der Waals surface area contributed by atoms with E-state index in [1.54, 1.807) is 0 Å². The molecule has 1 aliphatic heterocycles. The van der Waals surface area contributed by atoms with E-state index in [4.69, 9.17) is 0 Å². The Labute approximate surface area is 122 Å². The van der Waals surface area contributed by atoms with E-state index < -0.39 is 0 Å². The molecule has 2 rings (SSSR count). The van der Waals surface area contributed by atoms with Crippen molar-refractivity contribution in [3.63, 3.8) is 0 Å². The molecule has 15 heavy (non-hydrogen) atoms. The Kier molecular flexibility index (Phi) is 9.03. The maximum Gasteiger partial charge on any atom is 0.0202 e. The van der Waals surface area contributed by atoms with E-state index in [1.165, 1.54) is 37.9 Å². The zero-order valence-corrected chi connectivity index (χ0v) is 14.2. The molecule has 0 unspecified atom stereocenters. The fraction of sp³-hybridized carbons (Fsp3) is 0.500. The standard InChI is InChI=1S/C12H16N.HI.Zn/c1-3-7-12(8-4-1)11-13-9-5-2-6-10-13;;/h3-4,7-8H,2,5-6,9-11H2;1H;/p-1. The van der Waals surface area contributed by atoms with Crippen molar-refractivity contribution in [1.29, 1.82) is 0 Å². The van der Waals surface area contributed by atoms with Crippen LogP contribution in [0.15, 0.2) is 29.5 Å². The maximum atomic E-state index is 3.05. The van der Waals surface area contributed by atoms with Gasteiger partial charge in [0.15, 0.2) is 0 Å². The predicted molar refractivity (Wildman–Crippen MR) is 55.3 cm³/mol. The van der Waals surface area contributed by atoms with Crippen molar-refractivity contribution in [2.45, 2.75) is 19.3 Å². The van der Waals surface area contributed by atoms with Crippen molar-refractivity contribution in [1.82, 2.24) is 4.90 Å². The first-order valence-corrected chi connectivity index (χ1v) is 5.12. The second kappa shape index (κ2) is 8.69. The average Bonchev–Trinajstić information content (AvgIpc) is 2.21. The number of hydrogen-bond donors (Lipinski definition) is 0. The van der Waals surface area contributed by atoms with Crippen molar-refractivity contribution in [2.75, 3.05) is 19.6 Å². The van der Waals surface area contributed by atoms with Crippen molar-refractivity contribution < 1.29 is 43.5 Å².